The quantitative estimate of drug-likeness (QED) is 0.505. The summed E-state index contributed by atoms with van der Waals surface area (Å²) < 4.78 is 40.6. The molecule has 0 saturated heterocycles. The van der Waals surface area contributed by atoms with Gasteiger partial charge in [0.05, 0.1) is 44.0 Å². The van der Waals surface area contributed by atoms with Crippen LogP contribution in [0.15, 0.2) is 36.8 Å². The van der Waals surface area contributed by atoms with E-state index in [4.69, 9.17) is 14.9 Å². The number of H-pyrrole nitrogens is 1. The highest BCUT2D eigenvalue weighted by atomic mass is 19.1. The van der Waals surface area contributed by atoms with Gasteiger partial charge in [0.25, 0.3) is 0 Å². The number of aromatic amines is 1. The molecule has 0 atom stereocenters. The molecule has 0 radical (unpaired) electrons. The van der Waals surface area contributed by atoms with Gasteiger partial charge in [0.1, 0.15) is 5.69 Å². The molecule has 0 bridgehead atoms. The molecule has 1 aliphatic rings. The maximum atomic E-state index is 15.3. The van der Waals surface area contributed by atoms with E-state index < -0.39 is 23.4 Å². The second-order valence-electron chi connectivity index (χ2n) is 7.44. The zero-order chi connectivity index (χ0) is 24.6. The van der Waals surface area contributed by atoms with E-state index in [2.05, 4.69) is 15.2 Å². The normalized spacial score (nSPS) is 13.7. The monoisotopic (exact) mass is 468 g/mol. The van der Waals surface area contributed by atoms with Crippen molar-refractivity contribution in [3.63, 3.8) is 0 Å². The lowest BCUT2D eigenvalue weighted by atomic mass is 10.0. The number of urea groups is 1. The van der Waals surface area contributed by atoms with Gasteiger partial charge in [-0.25, -0.2) is 13.6 Å². The highest BCUT2D eigenvalue weighted by molar-refractivity contribution is 6.21. The number of fused-ring (bicyclic) bond motifs is 1. The first-order chi connectivity index (χ1) is 16.3. The summed E-state index contributed by atoms with van der Waals surface area (Å²) in [5.41, 5.74) is 2.14. The van der Waals surface area contributed by atoms with Crippen LogP contribution in [0.3, 0.4) is 0 Å². The first-order valence-electron chi connectivity index (χ1n) is 10.2. The van der Waals surface area contributed by atoms with E-state index in [1.165, 1.54) is 37.7 Å². The van der Waals surface area contributed by atoms with Crippen LogP contribution < -0.4 is 19.3 Å². The van der Waals surface area contributed by atoms with Gasteiger partial charge in [-0.1, -0.05) is 6.08 Å². The molecule has 3 aromatic rings. The van der Waals surface area contributed by atoms with Crippen molar-refractivity contribution in [2.45, 2.75) is 20.4 Å². The van der Waals surface area contributed by atoms with Gasteiger partial charge in [0.2, 0.25) is 0 Å². The van der Waals surface area contributed by atoms with Gasteiger partial charge in [0.15, 0.2) is 23.1 Å². The zero-order valence-electron chi connectivity index (χ0n) is 18.9. The number of ether oxygens (including phenoxy) is 2. The maximum Gasteiger partial charge on any atom is 0.334 e. The lowest BCUT2D eigenvalue weighted by molar-refractivity contribution is 0.251. The SMILES string of the molecule is C/C=C(\C(C)=N)c1cc2c(cn1)CN(c1c(F)c(OC)cc(OC)c1F)C(=O)N2c1cn[nH]c1. The number of aromatic nitrogens is 3. The minimum atomic E-state index is -1.04. The number of anilines is 3. The number of nitrogens with zero attached hydrogens (tertiary/aromatic N) is 4. The van der Waals surface area contributed by atoms with Crippen LogP contribution >= 0.6 is 0 Å². The molecular weight excluding hydrogens is 446 g/mol. The van der Waals surface area contributed by atoms with Gasteiger partial charge in [0, 0.05) is 35.3 Å². The number of hydrogen-bond donors (Lipinski definition) is 2. The molecular formula is C23H22F2N6O3. The van der Waals surface area contributed by atoms with Gasteiger partial charge >= 0.3 is 6.03 Å². The molecule has 4 rings (SSSR count). The number of amides is 2. The molecule has 2 N–H and O–H groups in total. The Morgan fingerprint density at radius 2 is 1.85 bits per heavy atom. The molecule has 176 valence electrons. The van der Waals surface area contributed by atoms with Crippen molar-refractivity contribution in [1.29, 1.82) is 5.41 Å². The Morgan fingerprint density at radius 3 is 2.38 bits per heavy atom. The van der Waals surface area contributed by atoms with E-state index in [0.29, 0.717) is 33.9 Å². The van der Waals surface area contributed by atoms with Crippen LogP contribution in [0.2, 0.25) is 0 Å². The van der Waals surface area contributed by atoms with E-state index in [1.807, 2.05) is 0 Å². The number of hydrogen-bond acceptors (Lipinski definition) is 6. The fourth-order valence-electron chi connectivity index (χ4n) is 3.87. The van der Waals surface area contributed by atoms with Crippen molar-refractivity contribution in [2.75, 3.05) is 24.0 Å². The molecule has 3 heterocycles. The molecule has 34 heavy (non-hydrogen) atoms. The van der Waals surface area contributed by atoms with Crippen molar-refractivity contribution in [3.05, 3.63) is 59.7 Å². The summed E-state index contributed by atoms with van der Waals surface area (Å²) in [5.74, 6) is -2.61. The predicted octanol–water partition coefficient (Wildman–Crippen LogP) is 4.82. The van der Waals surface area contributed by atoms with Crippen LogP contribution in [0.4, 0.5) is 30.6 Å². The third-order valence-corrected chi connectivity index (χ3v) is 5.48. The van der Waals surface area contributed by atoms with Crippen LogP contribution in [-0.4, -0.2) is 41.1 Å². The minimum absolute atomic E-state index is 0.158. The summed E-state index contributed by atoms with van der Waals surface area (Å²) in [4.78, 5) is 20.4. The highest BCUT2D eigenvalue weighted by Crippen LogP contribution is 2.42. The molecule has 9 nitrogen and oxygen atoms in total. The third-order valence-electron chi connectivity index (χ3n) is 5.48. The fourth-order valence-corrected chi connectivity index (χ4v) is 3.87. The molecule has 0 unspecified atom stereocenters. The largest absolute Gasteiger partial charge is 0.493 e. The van der Waals surface area contributed by atoms with Crippen molar-refractivity contribution in [3.8, 4) is 11.5 Å². The van der Waals surface area contributed by atoms with Gasteiger partial charge < -0.3 is 14.9 Å². The number of pyridine rings is 1. The Kier molecular flexibility index (Phi) is 6.01. The van der Waals surface area contributed by atoms with Crippen molar-refractivity contribution in [2.24, 2.45) is 0 Å². The average Bonchev–Trinajstić information content (AvgIpc) is 3.34. The number of benzene rings is 1. The number of allylic oxidation sites excluding steroid dienone is 2. The summed E-state index contributed by atoms with van der Waals surface area (Å²) in [6.45, 7) is 3.27. The van der Waals surface area contributed by atoms with Crippen LogP contribution in [0, 0.1) is 17.0 Å². The molecule has 1 aromatic carbocycles. The number of methoxy groups -OCH3 is 2. The lowest BCUT2D eigenvalue weighted by Crippen LogP contribution is -2.45. The van der Waals surface area contributed by atoms with Gasteiger partial charge in [-0.2, -0.15) is 5.10 Å². The maximum absolute atomic E-state index is 15.3. The molecule has 0 saturated carbocycles. The number of carbonyl (C=O) groups is 1. The molecule has 2 aromatic heterocycles. The summed E-state index contributed by atoms with van der Waals surface area (Å²) in [6.07, 6.45) is 6.19. The van der Waals surface area contributed by atoms with Gasteiger partial charge in [-0.05, 0) is 19.9 Å². The van der Waals surface area contributed by atoms with Crippen molar-refractivity contribution >= 4 is 34.4 Å². The lowest BCUT2D eigenvalue weighted by Gasteiger charge is -2.36. The molecule has 1 aliphatic heterocycles. The van der Waals surface area contributed by atoms with E-state index in [9.17, 15) is 4.79 Å². The second-order valence-corrected chi connectivity index (χ2v) is 7.44. The topological polar surface area (TPSA) is 107 Å². The Morgan fingerprint density at radius 1 is 1.18 bits per heavy atom. The van der Waals surface area contributed by atoms with E-state index in [-0.39, 0.29) is 18.0 Å². The van der Waals surface area contributed by atoms with Crippen LogP contribution in [0.1, 0.15) is 25.1 Å². The van der Waals surface area contributed by atoms with Crippen molar-refractivity contribution in [1.82, 2.24) is 15.2 Å². The first-order valence-corrected chi connectivity index (χ1v) is 10.2. The van der Waals surface area contributed by atoms with Crippen LogP contribution in [0.5, 0.6) is 11.5 Å². The summed E-state index contributed by atoms with van der Waals surface area (Å²) in [7, 11) is 2.47. The average molecular weight is 468 g/mol. The molecule has 11 heteroatoms. The molecule has 0 fully saturated rings. The van der Waals surface area contributed by atoms with Gasteiger partial charge in [-0.15, -0.1) is 0 Å². The third kappa shape index (κ3) is 3.64. The fraction of sp³-hybridized carbons (Fsp3) is 0.217. The number of rotatable bonds is 6. The Hall–Kier alpha value is -4.28. The van der Waals surface area contributed by atoms with Gasteiger partial charge in [-0.3, -0.25) is 19.9 Å². The summed E-state index contributed by atoms with van der Waals surface area (Å²) in [5, 5.41) is 14.6. The summed E-state index contributed by atoms with van der Waals surface area (Å²) in [6, 6.07) is 2.04. The standard InChI is InChI=1S/C23H22F2N6O3/c1-5-15(12(2)26)16-6-17-13(8-27-16)11-30(23(32)31(17)14-9-28-29-10-14)22-20(24)18(33-3)7-19(34-4)21(22)25/h5-10,26H,11H2,1-4H3,(H,28,29)/b15-5+,26-12?. The Balaban J connectivity index is 1.93. The van der Waals surface area contributed by atoms with E-state index in [1.54, 1.807) is 26.0 Å². The molecule has 0 spiro atoms. The molecule has 0 aliphatic carbocycles. The minimum Gasteiger partial charge on any atom is -0.493 e. The van der Waals surface area contributed by atoms with E-state index in [0.717, 1.165) is 11.0 Å². The van der Waals surface area contributed by atoms with Crippen LogP contribution in [-0.2, 0) is 6.54 Å². The molecule has 2 amide bonds. The Bertz CT molecular complexity index is 1280. The first kappa shape index (κ1) is 22.9. The number of halogens is 2. The summed E-state index contributed by atoms with van der Waals surface area (Å²) >= 11 is 0. The van der Waals surface area contributed by atoms with Crippen LogP contribution in [0.25, 0.3) is 5.57 Å². The Labute approximate surface area is 194 Å². The number of carbonyl (C=O) groups excluding carboxylic acids is 1. The van der Waals surface area contributed by atoms with Crippen molar-refractivity contribution < 1.29 is 23.0 Å². The number of nitrogens with one attached hydrogen (secondary N) is 2. The highest BCUT2D eigenvalue weighted by Gasteiger charge is 2.38. The second kappa shape index (κ2) is 8.93. The zero-order valence-corrected chi connectivity index (χ0v) is 18.9. The van der Waals surface area contributed by atoms with E-state index >= 15 is 8.78 Å². The smallest absolute Gasteiger partial charge is 0.334 e. The predicted molar refractivity (Wildman–Crippen MR) is 123 cm³/mol.